The summed E-state index contributed by atoms with van der Waals surface area (Å²) < 4.78 is 0. The largest absolute Gasteiger partial charge is 0.354 e. The van der Waals surface area contributed by atoms with E-state index in [4.69, 9.17) is 0 Å². The summed E-state index contributed by atoms with van der Waals surface area (Å²) in [7, 11) is 0. The second-order valence-corrected chi connectivity index (χ2v) is 5.85. The smallest absolute Gasteiger partial charge is 0.241 e. The summed E-state index contributed by atoms with van der Waals surface area (Å²) in [5.41, 5.74) is 1.29. The van der Waals surface area contributed by atoms with E-state index in [1.165, 1.54) is 23.4 Å². The molecule has 0 radical (unpaired) electrons. The molecule has 2 heterocycles. The van der Waals surface area contributed by atoms with E-state index in [0.29, 0.717) is 6.54 Å². The number of amides is 1. The molecule has 1 aromatic heterocycles. The molecule has 0 bridgehead atoms. The van der Waals surface area contributed by atoms with Crippen molar-refractivity contribution in [2.45, 2.75) is 31.7 Å². The Kier molecular flexibility index (Phi) is 4.96. The van der Waals surface area contributed by atoms with Crippen molar-refractivity contribution in [3.8, 4) is 0 Å². The summed E-state index contributed by atoms with van der Waals surface area (Å²) in [6.45, 7) is 1.47. The zero-order valence-corrected chi connectivity index (χ0v) is 12.3. The van der Waals surface area contributed by atoms with E-state index in [9.17, 15) is 4.79 Å². The number of thiazole rings is 1. The number of hydrogen-bond acceptors (Lipinski definition) is 4. The van der Waals surface area contributed by atoms with Gasteiger partial charge < -0.3 is 5.32 Å². The Morgan fingerprint density at radius 3 is 3.16 bits per heavy atom. The minimum atomic E-state index is -0.147. The average Bonchev–Trinajstić information content (AvgIpc) is 3.05. The Morgan fingerprint density at radius 1 is 1.53 bits per heavy atom. The highest BCUT2D eigenvalue weighted by Crippen LogP contribution is 2.27. The Morgan fingerprint density at radius 2 is 2.42 bits per heavy atom. The first-order chi connectivity index (χ1) is 8.83. The standard InChI is InChI=1S/C13H17N3OS.ClH/c17-13(10-4-2-7-14-10)15-8-6-12-16-9-3-1-5-11(9)18-12;/h2,4,10,14H,1,3,5-8H2,(H,15,17);1H. The van der Waals surface area contributed by atoms with Crippen LogP contribution in [-0.4, -0.2) is 30.0 Å². The maximum Gasteiger partial charge on any atom is 0.241 e. The van der Waals surface area contributed by atoms with Crippen LogP contribution in [0.15, 0.2) is 12.2 Å². The number of halogens is 1. The zero-order chi connectivity index (χ0) is 12.4. The van der Waals surface area contributed by atoms with Crippen LogP contribution in [0.3, 0.4) is 0 Å². The van der Waals surface area contributed by atoms with Gasteiger partial charge in [0.25, 0.3) is 0 Å². The van der Waals surface area contributed by atoms with Gasteiger partial charge in [0.1, 0.15) is 6.04 Å². The van der Waals surface area contributed by atoms with E-state index in [0.717, 1.165) is 24.4 Å². The first-order valence-corrected chi connectivity index (χ1v) is 7.30. The third kappa shape index (κ3) is 3.35. The quantitative estimate of drug-likeness (QED) is 0.823. The Labute approximate surface area is 123 Å². The number of hydrogen-bond donors (Lipinski definition) is 2. The predicted octanol–water partition coefficient (Wildman–Crippen LogP) is 1.24. The lowest BCUT2D eigenvalue weighted by molar-refractivity contribution is -0.121. The molecule has 1 atom stereocenters. The van der Waals surface area contributed by atoms with Crippen molar-refractivity contribution < 1.29 is 4.79 Å². The monoisotopic (exact) mass is 299 g/mol. The van der Waals surface area contributed by atoms with Gasteiger partial charge in [0.15, 0.2) is 0 Å². The minimum absolute atomic E-state index is 0. The highest BCUT2D eigenvalue weighted by Gasteiger charge is 2.18. The summed E-state index contributed by atoms with van der Waals surface area (Å²) in [5.74, 6) is 0.0628. The Bertz CT molecular complexity index is 465. The van der Waals surface area contributed by atoms with Crippen molar-refractivity contribution in [3.05, 3.63) is 27.7 Å². The molecule has 0 fully saturated rings. The van der Waals surface area contributed by atoms with Crippen LogP contribution in [0.1, 0.15) is 22.0 Å². The molecule has 0 spiro atoms. The molecule has 3 rings (SSSR count). The maximum absolute atomic E-state index is 11.7. The molecule has 104 valence electrons. The van der Waals surface area contributed by atoms with Gasteiger partial charge in [0.2, 0.25) is 5.91 Å². The van der Waals surface area contributed by atoms with Crippen LogP contribution in [0.25, 0.3) is 0 Å². The van der Waals surface area contributed by atoms with Crippen molar-refractivity contribution in [2.24, 2.45) is 0 Å². The van der Waals surface area contributed by atoms with Gasteiger partial charge in [0, 0.05) is 24.4 Å². The molecule has 1 aliphatic heterocycles. The molecular weight excluding hydrogens is 282 g/mol. The van der Waals surface area contributed by atoms with E-state index < -0.39 is 0 Å². The third-order valence-electron chi connectivity index (χ3n) is 3.34. The molecule has 2 aliphatic rings. The van der Waals surface area contributed by atoms with E-state index >= 15 is 0 Å². The fourth-order valence-corrected chi connectivity index (χ4v) is 3.56. The number of fused-ring (bicyclic) bond motifs is 1. The van der Waals surface area contributed by atoms with E-state index in [1.807, 2.05) is 23.5 Å². The molecule has 0 saturated carbocycles. The lowest BCUT2D eigenvalue weighted by atomic mass is 10.3. The van der Waals surface area contributed by atoms with Gasteiger partial charge in [-0.05, 0) is 19.3 Å². The van der Waals surface area contributed by atoms with Gasteiger partial charge in [-0.25, -0.2) is 4.98 Å². The van der Waals surface area contributed by atoms with Crippen molar-refractivity contribution >= 4 is 29.7 Å². The normalized spacial score (nSPS) is 20.1. The van der Waals surface area contributed by atoms with Gasteiger partial charge in [0.05, 0.1) is 10.7 Å². The molecule has 1 unspecified atom stereocenters. The van der Waals surface area contributed by atoms with Crippen molar-refractivity contribution in [1.29, 1.82) is 0 Å². The van der Waals surface area contributed by atoms with E-state index in [2.05, 4.69) is 15.6 Å². The molecule has 6 heteroatoms. The Balaban J connectivity index is 0.00000133. The molecular formula is C13H18ClN3OS. The summed E-state index contributed by atoms with van der Waals surface area (Å²) >= 11 is 1.81. The third-order valence-corrected chi connectivity index (χ3v) is 4.56. The summed E-state index contributed by atoms with van der Waals surface area (Å²) in [5, 5.41) is 7.21. The first-order valence-electron chi connectivity index (χ1n) is 6.48. The van der Waals surface area contributed by atoms with Crippen LogP contribution >= 0.6 is 23.7 Å². The molecule has 1 aliphatic carbocycles. The maximum atomic E-state index is 11.7. The lowest BCUT2D eigenvalue weighted by Crippen LogP contribution is -2.41. The van der Waals surface area contributed by atoms with Crippen LogP contribution in [0.4, 0.5) is 0 Å². The van der Waals surface area contributed by atoms with E-state index in [1.54, 1.807) is 0 Å². The molecule has 0 aromatic carbocycles. The van der Waals surface area contributed by atoms with Gasteiger partial charge >= 0.3 is 0 Å². The average molecular weight is 300 g/mol. The molecule has 1 aromatic rings. The highest BCUT2D eigenvalue weighted by molar-refractivity contribution is 7.11. The molecule has 4 nitrogen and oxygen atoms in total. The SMILES string of the molecule is Cl.O=C(NCCc1nc2c(s1)CCC2)C1C=CCN1. The zero-order valence-electron chi connectivity index (χ0n) is 10.6. The fraction of sp³-hybridized carbons (Fsp3) is 0.538. The molecule has 19 heavy (non-hydrogen) atoms. The molecule has 0 saturated heterocycles. The number of aromatic nitrogens is 1. The fourth-order valence-electron chi connectivity index (χ4n) is 2.40. The van der Waals surface area contributed by atoms with Crippen molar-refractivity contribution in [2.75, 3.05) is 13.1 Å². The first kappa shape index (κ1) is 14.5. The van der Waals surface area contributed by atoms with Gasteiger partial charge in [-0.1, -0.05) is 12.2 Å². The highest BCUT2D eigenvalue weighted by atomic mass is 35.5. The van der Waals surface area contributed by atoms with Crippen LogP contribution < -0.4 is 10.6 Å². The van der Waals surface area contributed by atoms with Crippen molar-refractivity contribution in [3.63, 3.8) is 0 Å². The van der Waals surface area contributed by atoms with E-state index in [-0.39, 0.29) is 24.4 Å². The number of rotatable bonds is 4. The predicted molar refractivity (Wildman–Crippen MR) is 79.0 cm³/mol. The summed E-state index contributed by atoms with van der Waals surface area (Å²) in [4.78, 5) is 17.8. The minimum Gasteiger partial charge on any atom is -0.354 e. The second-order valence-electron chi connectivity index (χ2n) is 4.69. The second kappa shape index (κ2) is 6.50. The van der Waals surface area contributed by atoms with Crippen LogP contribution in [-0.2, 0) is 24.1 Å². The number of nitrogens with one attached hydrogen (secondary N) is 2. The number of aryl methyl sites for hydroxylation is 2. The van der Waals surface area contributed by atoms with Gasteiger partial charge in [-0.3, -0.25) is 10.1 Å². The lowest BCUT2D eigenvalue weighted by Gasteiger charge is -2.09. The molecule has 1 amide bonds. The Hall–Kier alpha value is -0.910. The number of nitrogens with zero attached hydrogens (tertiary/aromatic N) is 1. The summed E-state index contributed by atoms with van der Waals surface area (Å²) in [6, 6.07) is -0.147. The number of carbonyl (C=O) groups is 1. The molecule has 2 N–H and O–H groups in total. The van der Waals surface area contributed by atoms with Gasteiger partial charge in [-0.15, -0.1) is 23.7 Å². The van der Waals surface area contributed by atoms with Crippen molar-refractivity contribution in [1.82, 2.24) is 15.6 Å². The van der Waals surface area contributed by atoms with Gasteiger partial charge in [-0.2, -0.15) is 0 Å². The summed E-state index contributed by atoms with van der Waals surface area (Å²) in [6.07, 6.45) is 8.32. The topological polar surface area (TPSA) is 54.0 Å². The van der Waals surface area contributed by atoms with Crippen LogP contribution in [0, 0.1) is 0 Å². The van der Waals surface area contributed by atoms with Crippen LogP contribution in [0.5, 0.6) is 0 Å². The number of carbonyl (C=O) groups excluding carboxylic acids is 1. The van der Waals surface area contributed by atoms with Crippen LogP contribution in [0.2, 0.25) is 0 Å².